The molecule has 0 aliphatic heterocycles. The Kier molecular flexibility index (Phi) is 8.14. The molecule has 4 aromatic heterocycles. The van der Waals surface area contributed by atoms with E-state index in [-0.39, 0.29) is 6.21 Å². The van der Waals surface area contributed by atoms with E-state index >= 15 is 35.1 Å². The third-order valence-corrected chi connectivity index (χ3v) is 8.52. The Bertz CT molecular complexity index is 3200. The van der Waals surface area contributed by atoms with Gasteiger partial charge in [-0.3, -0.25) is 4.99 Å². The molecule has 19 heteroatoms. The molecule has 256 valence electrons. The van der Waals surface area contributed by atoms with Crippen molar-refractivity contribution >= 4 is 34.7 Å². The molecule has 0 saturated carbocycles. The first-order valence-electron chi connectivity index (χ1n) is 14.2. The van der Waals surface area contributed by atoms with Crippen LogP contribution < -0.4 is 20.9 Å². The zero-order valence-electron chi connectivity index (χ0n) is 26.2. The maximum Gasteiger partial charge on any atom is 0.225 e. The van der Waals surface area contributed by atoms with Crippen molar-refractivity contribution in [3.8, 4) is 30.3 Å². The molecule has 1 atom stereocenters. The summed E-state index contributed by atoms with van der Waals surface area (Å²) >= 11 is 0. The minimum absolute atomic E-state index is 0.160. The number of hydrogen-bond donors (Lipinski definition) is 1. The number of halogens is 8. The fraction of sp³-hybridized carbons (Fsp3) is 0.0882. The average molecular weight is 724 g/mol. The standard InChI is InChI=1S/C34H9F8N11/c1-10(3-43)14-22(35)18-26(50-30(14)39)27-19(23(36)15(31(40)51-27)11(4-44)5-45)34(18)20-24(37)16(12(6-46)7-47)32(41)52-28(20)29-21(34)25(38)17(33(42)53-29)13(8-48)9-49-2/h6,9,46H,1-2H3/b14-10-,16-12-,17-13-,46-6?,49-9?. The summed E-state index contributed by atoms with van der Waals surface area (Å²) in [5.41, 5.74) is -13.0. The maximum absolute atomic E-state index is 17.4. The van der Waals surface area contributed by atoms with E-state index in [4.69, 9.17) is 5.41 Å². The van der Waals surface area contributed by atoms with Crippen LogP contribution in [0.1, 0.15) is 29.2 Å². The maximum atomic E-state index is 17.4. The highest BCUT2D eigenvalue weighted by molar-refractivity contribution is 6.08. The van der Waals surface area contributed by atoms with E-state index in [9.17, 15) is 26.3 Å². The fourth-order valence-corrected chi connectivity index (χ4v) is 6.54. The highest BCUT2D eigenvalue weighted by Gasteiger charge is 2.57. The van der Waals surface area contributed by atoms with Crippen LogP contribution in [0, 0.1) is 131 Å². The molecule has 0 saturated heterocycles. The minimum Gasteiger partial charge on any atom is -0.307 e. The van der Waals surface area contributed by atoms with E-state index in [1.807, 2.05) is 0 Å². The van der Waals surface area contributed by atoms with Crippen LogP contribution in [0.2, 0.25) is 0 Å². The van der Waals surface area contributed by atoms with Gasteiger partial charge in [0.15, 0.2) is 0 Å². The van der Waals surface area contributed by atoms with Crippen LogP contribution in [0.3, 0.4) is 0 Å². The Morgan fingerprint density at radius 1 is 0.566 bits per heavy atom. The number of fused-ring (bicyclic) bond motifs is 8. The van der Waals surface area contributed by atoms with Gasteiger partial charge in [-0.25, -0.2) is 37.5 Å². The molecule has 2 aliphatic rings. The van der Waals surface area contributed by atoms with Gasteiger partial charge in [0.1, 0.15) is 74.5 Å². The van der Waals surface area contributed by atoms with E-state index in [2.05, 4.69) is 24.9 Å². The van der Waals surface area contributed by atoms with Crippen molar-refractivity contribution in [1.29, 1.82) is 31.7 Å². The number of nitriles is 5. The minimum atomic E-state index is -3.49. The fourth-order valence-electron chi connectivity index (χ4n) is 6.54. The summed E-state index contributed by atoms with van der Waals surface area (Å²) < 4.78 is 132. The predicted molar refractivity (Wildman–Crippen MR) is 160 cm³/mol. The molecule has 0 amide bonds. The zero-order chi connectivity index (χ0) is 38.8. The third-order valence-electron chi connectivity index (χ3n) is 8.52. The SMILES string of the molecule is CN=C/C(C#N)=c1\c(F)nc2c(c1F)C1(c3c(F)c(=C(C#N)C#N)c(F)nc3=c3nc(F)/c(=C(/C)C#N)c(F)c31)c1c(F)/c(=C(/C#N)C=N)c(F)nc1=2. The Labute approximate surface area is 287 Å². The first kappa shape index (κ1) is 35.1. The van der Waals surface area contributed by atoms with Gasteiger partial charge in [-0.1, -0.05) is 0 Å². The lowest BCUT2D eigenvalue weighted by atomic mass is 9.69. The zero-order valence-corrected chi connectivity index (χ0v) is 26.2. The average Bonchev–Trinajstić information content (AvgIpc) is 3.56. The number of nitrogens with one attached hydrogen (secondary N) is 1. The lowest BCUT2D eigenvalue weighted by Crippen LogP contribution is -2.40. The molecular weight excluding hydrogens is 714 g/mol. The van der Waals surface area contributed by atoms with E-state index in [0.717, 1.165) is 14.0 Å². The van der Waals surface area contributed by atoms with Crippen LogP contribution in [0.15, 0.2) is 4.99 Å². The smallest absolute Gasteiger partial charge is 0.225 e. The molecule has 0 bridgehead atoms. The molecule has 1 spiro atoms. The Balaban J connectivity index is 2.20. The monoisotopic (exact) mass is 723 g/mol. The number of pyridine rings is 4. The van der Waals surface area contributed by atoms with Crippen molar-refractivity contribution in [3.63, 3.8) is 0 Å². The lowest BCUT2D eigenvalue weighted by molar-refractivity contribution is 0.471. The first-order valence-corrected chi connectivity index (χ1v) is 14.2. The highest BCUT2D eigenvalue weighted by atomic mass is 19.2. The molecule has 1 unspecified atom stereocenters. The molecule has 0 radical (unpaired) electrons. The molecule has 11 nitrogen and oxygen atoms in total. The molecule has 53 heavy (non-hydrogen) atoms. The number of nitrogens with zero attached hydrogens (tertiary/aromatic N) is 10. The molecule has 0 aromatic carbocycles. The van der Waals surface area contributed by atoms with Crippen molar-refractivity contribution in [3.05, 3.63) is 112 Å². The normalized spacial score (nSPS) is 16.2. The summed E-state index contributed by atoms with van der Waals surface area (Å²) in [4.78, 5) is 17.7. The molecule has 4 aromatic rings. The Hall–Kier alpha value is -7.69. The number of hydrogen-bond acceptors (Lipinski definition) is 11. The summed E-state index contributed by atoms with van der Waals surface area (Å²) in [6.07, 6.45) is 0.806. The summed E-state index contributed by atoms with van der Waals surface area (Å²) in [7, 11) is 1.09. The van der Waals surface area contributed by atoms with Gasteiger partial charge in [0.2, 0.25) is 23.8 Å². The predicted octanol–water partition coefficient (Wildman–Crippen LogP) is 1.55. The van der Waals surface area contributed by atoms with E-state index < -0.39 is 139 Å². The van der Waals surface area contributed by atoms with Crippen LogP contribution >= 0.6 is 0 Å². The first-order chi connectivity index (χ1) is 25.3. The van der Waals surface area contributed by atoms with E-state index in [1.165, 1.54) is 30.3 Å². The van der Waals surface area contributed by atoms with Gasteiger partial charge in [-0.15, -0.1) is 0 Å². The van der Waals surface area contributed by atoms with Crippen LogP contribution in [0.5, 0.6) is 0 Å². The second-order valence-corrected chi connectivity index (χ2v) is 10.9. The van der Waals surface area contributed by atoms with Crippen molar-refractivity contribution in [2.75, 3.05) is 7.05 Å². The number of rotatable bonds is 2. The van der Waals surface area contributed by atoms with E-state index in [1.54, 1.807) is 0 Å². The second kappa shape index (κ2) is 12.3. The molecular formula is C34H9F8N11. The van der Waals surface area contributed by atoms with Crippen LogP contribution in [0.4, 0.5) is 35.1 Å². The molecule has 1 N–H and O–H groups in total. The summed E-state index contributed by atoms with van der Waals surface area (Å²) in [6, 6.07) is 6.64. The highest BCUT2D eigenvalue weighted by Crippen LogP contribution is 2.53. The second-order valence-electron chi connectivity index (χ2n) is 10.9. The Morgan fingerprint density at radius 3 is 1.28 bits per heavy atom. The largest absolute Gasteiger partial charge is 0.307 e. The van der Waals surface area contributed by atoms with Gasteiger partial charge in [0, 0.05) is 47.3 Å². The topological polar surface area (TPSA) is 207 Å². The van der Waals surface area contributed by atoms with Crippen LogP contribution in [0.25, 0.3) is 22.3 Å². The Morgan fingerprint density at radius 2 is 0.925 bits per heavy atom. The van der Waals surface area contributed by atoms with Crippen LogP contribution in [-0.4, -0.2) is 39.4 Å². The van der Waals surface area contributed by atoms with Gasteiger partial charge in [-0.05, 0) is 6.92 Å². The quantitative estimate of drug-likeness (QED) is 0.156. The molecule has 4 heterocycles. The summed E-state index contributed by atoms with van der Waals surface area (Å²) in [5, 5.41) is 45.2. The van der Waals surface area contributed by atoms with Crippen molar-refractivity contribution in [1.82, 2.24) is 19.9 Å². The number of aromatic nitrogens is 4. The third kappa shape index (κ3) is 4.33. The van der Waals surface area contributed by atoms with Gasteiger partial charge >= 0.3 is 0 Å². The van der Waals surface area contributed by atoms with Crippen LogP contribution in [-0.2, 0) is 5.41 Å². The number of aliphatic imine (C=N–C) groups is 1. The summed E-state index contributed by atoms with van der Waals surface area (Å²) in [5.74, 6) is -15.4. The van der Waals surface area contributed by atoms with Gasteiger partial charge in [0.05, 0.1) is 43.5 Å². The van der Waals surface area contributed by atoms with Gasteiger partial charge in [0.25, 0.3) is 0 Å². The molecule has 0 fully saturated rings. The van der Waals surface area contributed by atoms with Crippen molar-refractivity contribution in [2.24, 2.45) is 4.99 Å². The van der Waals surface area contributed by atoms with Gasteiger partial charge in [-0.2, -0.15) is 43.9 Å². The van der Waals surface area contributed by atoms with E-state index in [0.29, 0.717) is 6.21 Å². The van der Waals surface area contributed by atoms with Crippen molar-refractivity contribution < 1.29 is 35.1 Å². The lowest BCUT2D eigenvalue weighted by Gasteiger charge is -2.31. The molecule has 2 aliphatic carbocycles. The van der Waals surface area contributed by atoms with Gasteiger partial charge < -0.3 is 5.41 Å². The van der Waals surface area contributed by atoms with Crippen molar-refractivity contribution in [2.45, 2.75) is 12.3 Å². The molecule has 6 rings (SSSR count). The summed E-state index contributed by atoms with van der Waals surface area (Å²) in [6.45, 7) is 0.889.